The number of rotatable bonds is 4. The largest absolute Gasteiger partial charge is 0.295 e. The number of nitrogens with zero attached hydrogens (tertiary/aromatic N) is 2. The normalized spacial score (nSPS) is 10.7. The van der Waals surface area contributed by atoms with Crippen LogP contribution >= 0.6 is 11.8 Å². The molecule has 0 atom stereocenters. The molecular weight excluding hydrogens is 271 g/mol. The lowest BCUT2D eigenvalue weighted by Gasteiger charge is -2.07. The van der Waals surface area contributed by atoms with E-state index in [0.717, 1.165) is 10.8 Å². The standard InChI is InChI=1S/C16H13FN2S/c17-15-9-5-4-6-13(15)12-20-16-18-10-11-19(16)14-7-2-1-3-8-14/h1-11H,12H2. The lowest BCUT2D eigenvalue weighted by atomic mass is 10.2. The van der Waals surface area contributed by atoms with Crippen LogP contribution in [0.1, 0.15) is 5.56 Å². The minimum Gasteiger partial charge on any atom is -0.295 e. The van der Waals surface area contributed by atoms with Crippen LogP contribution in [0, 0.1) is 5.82 Å². The summed E-state index contributed by atoms with van der Waals surface area (Å²) < 4.78 is 15.6. The van der Waals surface area contributed by atoms with E-state index in [9.17, 15) is 4.39 Å². The Morgan fingerprint density at radius 2 is 1.75 bits per heavy atom. The Bertz CT molecular complexity index is 694. The Morgan fingerprint density at radius 3 is 2.55 bits per heavy atom. The SMILES string of the molecule is Fc1ccccc1CSc1nccn1-c1ccccc1. The van der Waals surface area contributed by atoms with Crippen molar-refractivity contribution in [3.8, 4) is 5.69 Å². The van der Waals surface area contributed by atoms with Crippen molar-refractivity contribution in [1.82, 2.24) is 9.55 Å². The third-order valence-corrected chi connectivity index (χ3v) is 3.97. The first-order valence-corrected chi connectivity index (χ1v) is 7.28. The number of hydrogen-bond donors (Lipinski definition) is 0. The second kappa shape index (κ2) is 5.92. The van der Waals surface area contributed by atoms with Crippen LogP contribution in [0.3, 0.4) is 0 Å². The number of para-hydroxylation sites is 1. The Hall–Kier alpha value is -2.07. The van der Waals surface area contributed by atoms with Gasteiger partial charge >= 0.3 is 0 Å². The van der Waals surface area contributed by atoms with Gasteiger partial charge in [-0.3, -0.25) is 4.57 Å². The van der Waals surface area contributed by atoms with Crippen LogP contribution in [0.15, 0.2) is 72.1 Å². The molecule has 1 heterocycles. The van der Waals surface area contributed by atoms with E-state index in [1.807, 2.05) is 47.2 Å². The van der Waals surface area contributed by atoms with Gasteiger partial charge in [0.05, 0.1) is 0 Å². The number of imidazole rings is 1. The van der Waals surface area contributed by atoms with Crippen LogP contribution in [-0.4, -0.2) is 9.55 Å². The molecule has 100 valence electrons. The van der Waals surface area contributed by atoms with Gasteiger partial charge in [0.15, 0.2) is 5.16 Å². The summed E-state index contributed by atoms with van der Waals surface area (Å²) in [6, 6.07) is 16.8. The third kappa shape index (κ3) is 2.75. The van der Waals surface area contributed by atoms with Crippen LogP contribution in [0.2, 0.25) is 0 Å². The molecule has 0 radical (unpaired) electrons. The fourth-order valence-electron chi connectivity index (χ4n) is 1.94. The fraction of sp³-hybridized carbons (Fsp3) is 0.0625. The molecule has 4 heteroatoms. The minimum absolute atomic E-state index is 0.169. The maximum absolute atomic E-state index is 13.6. The Morgan fingerprint density at radius 1 is 1.00 bits per heavy atom. The maximum atomic E-state index is 13.6. The van der Waals surface area contributed by atoms with Crippen LogP contribution in [0.25, 0.3) is 5.69 Å². The Kier molecular flexibility index (Phi) is 3.83. The molecule has 0 aliphatic heterocycles. The van der Waals surface area contributed by atoms with Gasteiger partial charge in [0.25, 0.3) is 0 Å². The van der Waals surface area contributed by atoms with E-state index in [4.69, 9.17) is 0 Å². The second-order valence-corrected chi connectivity index (χ2v) is 5.24. The molecule has 0 spiro atoms. The van der Waals surface area contributed by atoms with Crippen molar-refractivity contribution in [3.63, 3.8) is 0 Å². The molecule has 0 unspecified atom stereocenters. The van der Waals surface area contributed by atoms with E-state index in [1.54, 1.807) is 18.3 Å². The van der Waals surface area contributed by atoms with Gasteiger partial charge in [-0.2, -0.15) is 0 Å². The first-order chi connectivity index (χ1) is 9.84. The molecule has 20 heavy (non-hydrogen) atoms. The molecule has 1 aromatic heterocycles. The predicted octanol–water partition coefficient (Wildman–Crippen LogP) is 4.30. The fourth-order valence-corrected chi connectivity index (χ4v) is 2.90. The zero-order chi connectivity index (χ0) is 13.8. The molecule has 0 aliphatic carbocycles. The number of hydrogen-bond acceptors (Lipinski definition) is 2. The summed E-state index contributed by atoms with van der Waals surface area (Å²) in [6.45, 7) is 0. The highest BCUT2D eigenvalue weighted by Gasteiger charge is 2.07. The van der Waals surface area contributed by atoms with Crippen molar-refractivity contribution >= 4 is 11.8 Å². The summed E-state index contributed by atoms with van der Waals surface area (Å²) in [6.07, 6.45) is 3.68. The molecule has 0 saturated heterocycles. The third-order valence-electron chi connectivity index (χ3n) is 2.96. The number of aromatic nitrogens is 2. The van der Waals surface area contributed by atoms with Crippen molar-refractivity contribution in [3.05, 3.63) is 78.4 Å². The Balaban J connectivity index is 1.80. The summed E-state index contributed by atoms with van der Waals surface area (Å²) in [5, 5.41) is 0.861. The average molecular weight is 284 g/mol. The average Bonchev–Trinajstić information content (AvgIpc) is 2.96. The highest BCUT2D eigenvalue weighted by Crippen LogP contribution is 2.24. The summed E-state index contributed by atoms with van der Waals surface area (Å²) in [4.78, 5) is 4.34. The zero-order valence-corrected chi connectivity index (χ0v) is 11.6. The van der Waals surface area contributed by atoms with E-state index in [1.165, 1.54) is 17.8 Å². The van der Waals surface area contributed by atoms with Crippen molar-refractivity contribution in [2.45, 2.75) is 10.9 Å². The number of thioether (sulfide) groups is 1. The smallest absolute Gasteiger partial charge is 0.172 e. The minimum atomic E-state index is -0.169. The highest BCUT2D eigenvalue weighted by molar-refractivity contribution is 7.98. The van der Waals surface area contributed by atoms with Gasteiger partial charge in [0, 0.05) is 23.8 Å². The highest BCUT2D eigenvalue weighted by atomic mass is 32.2. The molecule has 3 rings (SSSR count). The molecule has 0 bridgehead atoms. The van der Waals surface area contributed by atoms with Gasteiger partial charge in [-0.05, 0) is 23.8 Å². The molecule has 0 fully saturated rings. The first kappa shape index (κ1) is 12.9. The second-order valence-electron chi connectivity index (χ2n) is 4.30. The lowest BCUT2D eigenvalue weighted by molar-refractivity contribution is 0.617. The molecule has 0 saturated carbocycles. The van der Waals surface area contributed by atoms with Crippen molar-refractivity contribution in [1.29, 1.82) is 0 Å². The molecule has 3 aromatic rings. The summed E-state index contributed by atoms with van der Waals surface area (Å²) in [5.74, 6) is 0.397. The zero-order valence-electron chi connectivity index (χ0n) is 10.7. The van der Waals surface area contributed by atoms with Gasteiger partial charge in [0.2, 0.25) is 0 Å². The van der Waals surface area contributed by atoms with E-state index in [2.05, 4.69) is 4.98 Å². The van der Waals surface area contributed by atoms with Crippen LogP contribution in [0.5, 0.6) is 0 Å². The van der Waals surface area contributed by atoms with Gasteiger partial charge in [-0.15, -0.1) is 0 Å². The quantitative estimate of drug-likeness (QED) is 0.665. The van der Waals surface area contributed by atoms with E-state index >= 15 is 0 Å². The number of halogens is 1. The molecule has 2 nitrogen and oxygen atoms in total. The van der Waals surface area contributed by atoms with Gasteiger partial charge in [-0.25, -0.2) is 9.37 Å². The summed E-state index contributed by atoms with van der Waals surface area (Å²) in [7, 11) is 0. The van der Waals surface area contributed by atoms with Crippen molar-refractivity contribution in [2.24, 2.45) is 0 Å². The van der Waals surface area contributed by atoms with E-state index in [0.29, 0.717) is 11.3 Å². The van der Waals surface area contributed by atoms with E-state index in [-0.39, 0.29) is 5.82 Å². The van der Waals surface area contributed by atoms with Gasteiger partial charge in [0.1, 0.15) is 5.82 Å². The number of benzene rings is 2. The van der Waals surface area contributed by atoms with Crippen LogP contribution in [0.4, 0.5) is 4.39 Å². The maximum Gasteiger partial charge on any atom is 0.172 e. The topological polar surface area (TPSA) is 17.8 Å². The molecule has 0 N–H and O–H groups in total. The summed E-state index contributed by atoms with van der Waals surface area (Å²) in [5.41, 5.74) is 1.75. The Labute approximate surface area is 121 Å². The van der Waals surface area contributed by atoms with Gasteiger partial charge in [-0.1, -0.05) is 48.2 Å². The van der Waals surface area contributed by atoms with Crippen LogP contribution < -0.4 is 0 Å². The predicted molar refractivity (Wildman–Crippen MR) is 79.5 cm³/mol. The van der Waals surface area contributed by atoms with Gasteiger partial charge < -0.3 is 0 Å². The molecule has 0 aliphatic rings. The molecule has 2 aromatic carbocycles. The summed E-state index contributed by atoms with van der Waals surface area (Å²) >= 11 is 1.53. The molecular formula is C16H13FN2S. The monoisotopic (exact) mass is 284 g/mol. The first-order valence-electron chi connectivity index (χ1n) is 6.29. The van der Waals surface area contributed by atoms with E-state index < -0.39 is 0 Å². The van der Waals surface area contributed by atoms with Crippen molar-refractivity contribution in [2.75, 3.05) is 0 Å². The van der Waals surface area contributed by atoms with Crippen molar-refractivity contribution < 1.29 is 4.39 Å². The lowest BCUT2D eigenvalue weighted by Crippen LogP contribution is -1.95. The van der Waals surface area contributed by atoms with Crippen LogP contribution in [-0.2, 0) is 5.75 Å². The molecule has 0 amide bonds.